The summed E-state index contributed by atoms with van der Waals surface area (Å²) in [7, 11) is 0. The normalized spacial score (nSPS) is 15.9. The predicted octanol–water partition coefficient (Wildman–Crippen LogP) is 5.98. The number of H-pyrrole nitrogens is 1. The second-order valence-corrected chi connectivity index (χ2v) is 10.6. The third-order valence-electron chi connectivity index (χ3n) is 7.69. The van der Waals surface area contributed by atoms with Gasteiger partial charge >= 0.3 is 0 Å². The first kappa shape index (κ1) is 27.6. The van der Waals surface area contributed by atoms with Crippen molar-refractivity contribution in [2.24, 2.45) is 0 Å². The Labute approximate surface area is 248 Å². The zero-order chi connectivity index (χ0) is 29.8. The van der Waals surface area contributed by atoms with Crippen LogP contribution in [-0.4, -0.2) is 44.7 Å². The molecule has 3 aromatic carbocycles. The van der Waals surface area contributed by atoms with Gasteiger partial charge in [0.25, 0.3) is 11.6 Å². The Morgan fingerprint density at radius 2 is 1.84 bits per heavy atom. The topological polar surface area (TPSA) is 133 Å². The minimum absolute atomic E-state index is 0.0947. The molecule has 0 aliphatic carbocycles. The minimum Gasteiger partial charge on any atom is -0.354 e. The van der Waals surface area contributed by atoms with Gasteiger partial charge in [0.15, 0.2) is 0 Å². The van der Waals surface area contributed by atoms with E-state index in [-0.39, 0.29) is 17.5 Å². The van der Waals surface area contributed by atoms with Crippen molar-refractivity contribution in [2.75, 3.05) is 23.7 Å². The zero-order valence-electron chi connectivity index (χ0n) is 23.4. The average Bonchev–Trinajstić information content (AvgIpc) is 3.66. The summed E-state index contributed by atoms with van der Waals surface area (Å²) >= 11 is 0. The van der Waals surface area contributed by atoms with Gasteiger partial charge in [-0.05, 0) is 60.2 Å². The van der Waals surface area contributed by atoms with Crippen LogP contribution in [0.5, 0.6) is 0 Å². The number of likely N-dealkylation sites (tertiary alicyclic amines) is 1. The molecule has 2 amide bonds. The molecule has 10 nitrogen and oxygen atoms in total. The third-order valence-corrected chi connectivity index (χ3v) is 7.69. The largest absolute Gasteiger partial charge is 0.354 e. The predicted molar refractivity (Wildman–Crippen MR) is 167 cm³/mol. The van der Waals surface area contributed by atoms with Gasteiger partial charge in [-0.15, -0.1) is 0 Å². The molecule has 1 aromatic heterocycles. The van der Waals surface area contributed by atoms with E-state index >= 15 is 0 Å². The van der Waals surface area contributed by atoms with Crippen LogP contribution in [0.3, 0.4) is 0 Å². The Hall–Kier alpha value is -5.51. The molecule has 0 unspecified atom stereocenters. The summed E-state index contributed by atoms with van der Waals surface area (Å²) in [5, 5.41) is 17.8. The maximum atomic E-state index is 13.3. The highest BCUT2D eigenvalue weighted by Gasteiger charge is 2.30. The standard InChI is InChI=1S/C33H30N6O4/c40-30-3-1-2-17-38(30)18-16-23-4-9-24(10-5-23)32(31-28-19-27(39(42)43)14-15-29(28)37-33(31)41)36-25-11-6-22(7-12-25)8-13-26-20-34-21-35-26/h4-15,19-21,36H,1-3,16-18H2,(H,34,35)(H,37,41)/b13-8+,32-31-. The van der Waals surface area contributed by atoms with Gasteiger partial charge in [-0.1, -0.05) is 42.5 Å². The van der Waals surface area contributed by atoms with Gasteiger partial charge in [0, 0.05) is 54.8 Å². The first-order valence-corrected chi connectivity index (χ1v) is 14.2. The van der Waals surface area contributed by atoms with Crippen molar-refractivity contribution in [3.05, 3.63) is 117 Å². The van der Waals surface area contributed by atoms with Crippen LogP contribution in [0.4, 0.5) is 17.1 Å². The van der Waals surface area contributed by atoms with Crippen LogP contribution in [0.1, 0.15) is 47.2 Å². The number of nitrogens with zero attached hydrogens (tertiary/aromatic N) is 3. The smallest absolute Gasteiger partial charge is 0.270 e. The SMILES string of the molecule is O=C1Nc2ccc([N+](=O)[O-])cc2/C1=C(/Nc1ccc(/C=C/c2c[nH]cn2)cc1)c1ccc(CCN2CCCCC2=O)cc1. The molecule has 0 spiro atoms. The molecule has 1 fully saturated rings. The Bertz CT molecular complexity index is 1720. The van der Waals surface area contributed by atoms with E-state index in [0.717, 1.165) is 53.9 Å². The molecule has 0 bridgehead atoms. The number of aromatic nitrogens is 2. The molecule has 0 radical (unpaired) electrons. The summed E-state index contributed by atoms with van der Waals surface area (Å²) in [6.07, 6.45) is 10.6. The van der Waals surface area contributed by atoms with Crippen LogP contribution >= 0.6 is 0 Å². The van der Waals surface area contributed by atoms with Crippen LogP contribution in [-0.2, 0) is 16.0 Å². The third kappa shape index (κ3) is 6.23. The number of hydrogen-bond donors (Lipinski definition) is 3. The van der Waals surface area contributed by atoms with Crippen LogP contribution < -0.4 is 10.6 Å². The van der Waals surface area contributed by atoms with Gasteiger partial charge in [-0.2, -0.15) is 0 Å². The van der Waals surface area contributed by atoms with E-state index in [9.17, 15) is 19.7 Å². The summed E-state index contributed by atoms with van der Waals surface area (Å²) < 4.78 is 0. The number of nitro groups is 1. The second kappa shape index (κ2) is 12.2. The van der Waals surface area contributed by atoms with E-state index in [1.165, 1.54) is 12.1 Å². The highest BCUT2D eigenvalue weighted by molar-refractivity contribution is 6.37. The van der Waals surface area contributed by atoms with Crippen molar-refractivity contribution < 1.29 is 14.5 Å². The van der Waals surface area contributed by atoms with Crippen LogP contribution in [0.25, 0.3) is 23.4 Å². The maximum absolute atomic E-state index is 13.3. The Balaban J connectivity index is 1.31. The molecule has 216 valence electrons. The van der Waals surface area contributed by atoms with E-state index in [0.29, 0.717) is 35.5 Å². The number of rotatable bonds is 9. The number of anilines is 2. The lowest BCUT2D eigenvalue weighted by molar-refractivity contribution is -0.384. The van der Waals surface area contributed by atoms with E-state index in [4.69, 9.17) is 0 Å². The number of carbonyl (C=O) groups excluding carboxylic acids is 2. The number of nitrogens with one attached hydrogen (secondary N) is 3. The lowest BCUT2D eigenvalue weighted by atomic mass is 9.98. The van der Waals surface area contributed by atoms with E-state index in [1.807, 2.05) is 65.6 Å². The van der Waals surface area contributed by atoms with Gasteiger partial charge in [-0.3, -0.25) is 19.7 Å². The van der Waals surface area contributed by atoms with Crippen LogP contribution in [0, 0.1) is 10.1 Å². The molecule has 0 saturated carbocycles. The molecule has 4 aromatic rings. The fraction of sp³-hybridized carbons (Fsp3) is 0.182. The Kier molecular flexibility index (Phi) is 7.82. The van der Waals surface area contributed by atoms with Gasteiger partial charge in [0.05, 0.1) is 28.2 Å². The van der Waals surface area contributed by atoms with E-state index in [1.54, 1.807) is 18.6 Å². The number of carbonyl (C=O) groups is 2. The molecule has 3 heterocycles. The molecule has 10 heteroatoms. The van der Waals surface area contributed by atoms with Gasteiger partial charge in [0.2, 0.25) is 5.91 Å². The quantitative estimate of drug-likeness (QED) is 0.128. The number of benzene rings is 3. The van der Waals surface area contributed by atoms with E-state index in [2.05, 4.69) is 20.6 Å². The number of fused-ring (bicyclic) bond motifs is 1. The summed E-state index contributed by atoms with van der Waals surface area (Å²) in [6, 6.07) is 20.0. The summed E-state index contributed by atoms with van der Waals surface area (Å²) in [6.45, 7) is 1.47. The zero-order valence-corrected chi connectivity index (χ0v) is 23.4. The molecule has 6 rings (SSSR count). The van der Waals surface area contributed by atoms with Crippen molar-refractivity contribution in [3.63, 3.8) is 0 Å². The Morgan fingerprint density at radius 3 is 2.56 bits per heavy atom. The van der Waals surface area contributed by atoms with Gasteiger partial charge < -0.3 is 20.5 Å². The minimum atomic E-state index is -0.467. The second-order valence-electron chi connectivity index (χ2n) is 10.6. The molecular formula is C33H30N6O4. The van der Waals surface area contributed by atoms with Gasteiger partial charge in [0.1, 0.15) is 0 Å². The van der Waals surface area contributed by atoms with Crippen LogP contribution in [0.15, 0.2) is 79.3 Å². The summed E-state index contributed by atoms with van der Waals surface area (Å²) in [4.78, 5) is 45.6. The average molecular weight is 575 g/mol. The fourth-order valence-electron chi connectivity index (χ4n) is 5.36. The molecule has 2 aliphatic heterocycles. The molecule has 43 heavy (non-hydrogen) atoms. The van der Waals surface area contributed by atoms with Crippen molar-refractivity contribution in [2.45, 2.75) is 25.7 Å². The number of imidazole rings is 1. The van der Waals surface area contributed by atoms with Gasteiger partial charge in [-0.25, -0.2) is 4.98 Å². The van der Waals surface area contributed by atoms with Crippen molar-refractivity contribution >= 4 is 52.3 Å². The molecule has 0 atom stereocenters. The summed E-state index contributed by atoms with van der Waals surface area (Å²) in [5.74, 6) is -0.133. The lowest BCUT2D eigenvalue weighted by Crippen LogP contribution is -2.36. The maximum Gasteiger partial charge on any atom is 0.270 e. The highest BCUT2D eigenvalue weighted by atomic mass is 16.6. The number of nitro benzene ring substituents is 1. The number of aromatic amines is 1. The monoisotopic (exact) mass is 574 g/mol. The molecule has 1 saturated heterocycles. The lowest BCUT2D eigenvalue weighted by Gasteiger charge is -2.26. The summed E-state index contributed by atoms with van der Waals surface area (Å²) in [5.41, 5.74) is 6.12. The molecule has 3 N–H and O–H groups in total. The van der Waals surface area contributed by atoms with Crippen molar-refractivity contribution in [1.82, 2.24) is 14.9 Å². The Morgan fingerprint density at radius 1 is 1.02 bits per heavy atom. The number of hydrogen-bond acceptors (Lipinski definition) is 6. The van der Waals surface area contributed by atoms with E-state index < -0.39 is 4.92 Å². The number of amides is 2. The van der Waals surface area contributed by atoms with Crippen molar-refractivity contribution in [1.29, 1.82) is 0 Å². The molecule has 2 aliphatic rings. The first-order valence-electron chi connectivity index (χ1n) is 14.2. The number of piperidine rings is 1. The first-order chi connectivity index (χ1) is 20.9. The van der Waals surface area contributed by atoms with Crippen LogP contribution in [0.2, 0.25) is 0 Å². The molecular weight excluding hydrogens is 544 g/mol. The van der Waals surface area contributed by atoms with Crippen molar-refractivity contribution in [3.8, 4) is 0 Å². The fourth-order valence-corrected chi connectivity index (χ4v) is 5.36. The number of non-ortho nitro benzene ring substituents is 1. The highest BCUT2D eigenvalue weighted by Crippen LogP contribution is 2.39.